The number of esters is 1. The molecule has 39 heavy (non-hydrogen) atoms. The molecular formula is C30H34BrNO7. The number of hydrogen-bond donors (Lipinski definition) is 1. The molecule has 1 aliphatic heterocycles. The Labute approximate surface area is 237 Å². The van der Waals surface area contributed by atoms with Crippen molar-refractivity contribution >= 4 is 33.4 Å². The van der Waals surface area contributed by atoms with E-state index in [-0.39, 0.29) is 35.7 Å². The van der Waals surface area contributed by atoms with Gasteiger partial charge in [-0.1, -0.05) is 6.07 Å². The summed E-state index contributed by atoms with van der Waals surface area (Å²) in [4.78, 5) is 32.1. The van der Waals surface area contributed by atoms with Crippen LogP contribution in [0.2, 0.25) is 0 Å². The van der Waals surface area contributed by atoms with Crippen LogP contribution in [0.25, 0.3) is 0 Å². The van der Waals surface area contributed by atoms with Crippen molar-refractivity contribution in [1.29, 1.82) is 0 Å². The first-order valence-electron chi connectivity index (χ1n) is 13.0. The number of ketones is 1. The molecule has 2 aromatic carbocycles. The van der Waals surface area contributed by atoms with Gasteiger partial charge in [0.15, 0.2) is 23.0 Å². The first kappa shape index (κ1) is 28.7. The fourth-order valence-corrected chi connectivity index (χ4v) is 5.92. The minimum atomic E-state index is -0.647. The SMILES string of the molecule is CCOc1cc([C@@H]2C(C(=O)OC(C)C)=C(C)N=C3C[C@@H](c4ccc(OC)c(OC)c4)CC(=O)C32)cc(Br)c1O. The van der Waals surface area contributed by atoms with Gasteiger partial charge in [-0.15, -0.1) is 0 Å². The molecule has 0 aromatic heterocycles. The number of aromatic hydroxyl groups is 1. The molecule has 9 heteroatoms. The van der Waals surface area contributed by atoms with E-state index in [9.17, 15) is 14.7 Å². The van der Waals surface area contributed by atoms with Gasteiger partial charge >= 0.3 is 5.97 Å². The van der Waals surface area contributed by atoms with Crippen molar-refractivity contribution in [1.82, 2.24) is 0 Å². The summed E-state index contributed by atoms with van der Waals surface area (Å²) in [5.74, 6) is -0.472. The van der Waals surface area contributed by atoms with E-state index in [1.54, 1.807) is 47.1 Å². The quantitative estimate of drug-likeness (QED) is 0.366. The molecule has 3 atom stereocenters. The first-order valence-corrected chi connectivity index (χ1v) is 13.8. The Bertz CT molecular complexity index is 1350. The Balaban J connectivity index is 1.82. The second-order valence-corrected chi connectivity index (χ2v) is 10.8. The number of methoxy groups -OCH3 is 2. The van der Waals surface area contributed by atoms with Crippen LogP contribution in [0.1, 0.15) is 63.5 Å². The number of carbonyl (C=O) groups excluding carboxylic acids is 2. The summed E-state index contributed by atoms with van der Waals surface area (Å²) in [5.41, 5.74) is 3.19. The average Bonchev–Trinajstić information content (AvgIpc) is 2.89. The largest absolute Gasteiger partial charge is 0.503 e. The van der Waals surface area contributed by atoms with E-state index < -0.39 is 17.8 Å². The first-order chi connectivity index (χ1) is 18.6. The lowest BCUT2D eigenvalue weighted by atomic mass is 9.66. The van der Waals surface area contributed by atoms with Crippen LogP contribution in [0.5, 0.6) is 23.0 Å². The average molecular weight is 601 g/mol. The summed E-state index contributed by atoms with van der Waals surface area (Å²) in [7, 11) is 3.16. The fraction of sp³-hybridized carbons (Fsp3) is 0.433. The second kappa shape index (κ2) is 11.8. The van der Waals surface area contributed by atoms with E-state index in [2.05, 4.69) is 15.9 Å². The topological polar surface area (TPSA) is 104 Å². The minimum absolute atomic E-state index is 0.0192. The molecule has 1 N–H and O–H groups in total. The lowest BCUT2D eigenvalue weighted by molar-refractivity contribution is -0.143. The number of benzene rings is 2. The molecule has 8 nitrogen and oxygen atoms in total. The molecule has 1 heterocycles. The third kappa shape index (κ3) is 5.69. The number of ether oxygens (including phenoxy) is 4. The predicted molar refractivity (Wildman–Crippen MR) is 151 cm³/mol. The second-order valence-electron chi connectivity index (χ2n) is 9.98. The number of fused-ring (bicyclic) bond motifs is 1. The van der Waals surface area contributed by atoms with E-state index >= 15 is 0 Å². The Kier molecular flexibility index (Phi) is 8.69. The Morgan fingerprint density at radius 2 is 1.74 bits per heavy atom. The number of phenols is 1. The number of rotatable bonds is 8. The molecule has 1 saturated carbocycles. The maximum atomic E-state index is 13.9. The molecule has 2 aliphatic rings. The van der Waals surface area contributed by atoms with Gasteiger partial charge in [-0.3, -0.25) is 9.79 Å². The number of aliphatic imine (C=N–C) groups is 1. The molecule has 0 saturated heterocycles. The molecule has 4 rings (SSSR count). The van der Waals surface area contributed by atoms with Crippen LogP contribution >= 0.6 is 15.9 Å². The number of nitrogens with zero attached hydrogens (tertiary/aromatic N) is 1. The summed E-state index contributed by atoms with van der Waals surface area (Å²) in [5, 5.41) is 10.5. The van der Waals surface area contributed by atoms with Gasteiger partial charge in [0.1, 0.15) is 5.78 Å². The van der Waals surface area contributed by atoms with Gasteiger partial charge in [0, 0.05) is 23.7 Å². The third-order valence-electron chi connectivity index (χ3n) is 7.11. The van der Waals surface area contributed by atoms with E-state index in [0.717, 1.165) is 11.3 Å². The molecule has 1 fully saturated rings. The van der Waals surface area contributed by atoms with E-state index in [0.29, 0.717) is 45.8 Å². The summed E-state index contributed by atoms with van der Waals surface area (Å²) in [6.07, 6.45) is 0.480. The monoisotopic (exact) mass is 599 g/mol. The summed E-state index contributed by atoms with van der Waals surface area (Å²) >= 11 is 3.41. The molecule has 0 bridgehead atoms. The van der Waals surface area contributed by atoms with Crippen molar-refractivity contribution in [3.63, 3.8) is 0 Å². The number of Topliss-reactive ketones (excluding diaryl/α,β-unsaturated/α-hetero) is 1. The predicted octanol–water partition coefficient (Wildman–Crippen LogP) is 6.10. The Morgan fingerprint density at radius 1 is 1.05 bits per heavy atom. The van der Waals surface area contributed by atoms with Gasteiger partial charge in [-0.2, -0.15) is 0 Å². The maximum absolute atomic E-state index is 13.9. The summed E-state index contributed by atoms with van der Waals surface area (Å²) < 4.78 is 22.5. The molecule has 2 aromatic rings. The number of carbonyl (C=O) groups is 2. The highest BCUT2D eigenvalue weighted by molar-refractivity contribution is 9.10. The van der Waals surface area contributed by atoms with Crippen LogP contribution < -0.4 is 14.2 Å². The minimum Gasteiger partial charge on any atom is -0.503 e. The van der Waals surface area contributed by atoms with Crippen molar-refractivity contribution in [2.75, 3.05) is 20.8 Å². The molecular weight excluding hydrogens is 566 g/mol. The maximum Gasteiger partial charge on any atom is 0.336 e. The molecule has 208 valence electrons. The number of allylic oxidation sites excluding steroid dienone is 1. The van der Waals surface area contributed by atoms with Crippen LogP contribution in [-0.2, 0) is 14.3 Å². The van der Waals surface area contributed by atoms with Crippen molar-refractivity contribution in [2.24, 2.45) is 10.9 Å². The molecule has 1 aliphatic carbocycles. The zero-order chi connectivity index (χ0) is 28.4. The molecule has 0 radical (unpaired) electrons. The zero-order valence-electron chi connectivity index (χ0n) is 23.0. The third-order valence-corrected chi connectivity index (χ3v) is 7.71. The number of hydrogen-bond acceptors (Lipinski definition) is 8. The Morgan fingerprint density at radius 3 is 2.38 bits per heavy atom. The lowest BCUT2D eigenvalue weighted by Crippen LogP contribution is -2.41. The standard InChI is InChI=1S/C30H34BrNO7/c1-7-38-25-14-19(10-20(31)29(25)34)27-26(30(35)39-15(2)3)16(4)32-21-11-18(12-22(33)28(21)27)17-8-9-23(36-5)24(13-17)37-6/h8-10,13-15,18,27-28,34H,7,11-12H2,1-6H3/t18-,27-,28?/m1/s1. The van der Waals surface area contributed by atoms with Crippen molar-refractivity contribution < 1.29 is 33.6 Å². The van der Waals surface area contributed by atoms with E-state index in [1.807, 2.05) is 25.1 Å². The van der Waals surface area contributed by atoms with Crippen LogP contribution in [0.3, 0.4) is 0 Å². The summed E-state index contributed by atoms with van der Waals surface area (Å²) in [6.45, 7) is 7.50. The summed E-state index contributed by atoms with van der Waals surface area (Å²) in [6, 6.07) is 9.11. The zero-order valence-corrected chi connectivity index (χ0v) is 24.6. The smallest absolute Gasteiger partial charge is 0.336 e. The van der Waals surface area contributed by atoms with Gasteiger partial charge in [0.25, 0.3) is 0 Å². The van der Waals surface area contributed by atoms with Crippen molar-refractivity contribution in [3.05, 3.63) is 57.2 Å². The highest BCUT2D eigenvalue weighted by Crippen LogP contribution is 2.49. The number of halogens is 1. The van der Waals surface area contributed by atoms with Gasteiger partial charge in [-0.25, -0.2) is 4.79 Å². The van der Waals surface area contributed by atoms with E-state index in [1.165, 1.54) is 0 Å². The van der Waals surface area contributed by atoms with Crippen molar-refractivity contribution in [3.8, 4) is 23.0 Å². The molecule has 0 spiro atoms. The van der Waals surface area contributed by atoms with Crippen LogP contribution in [0.15, 0.2) is 51.1 Å². The van der Waals surface area contributed by atoms with Crippen LogP contribution in [0, 0.1) is 5.92 Å². The number of phenolic OH excluding ortho intramolecular Hbond substituents is 1. The lowest BCUT2D eigenvalue weighted by Gasteiger charge is -2.38. The van der Waals surface area contributed by atoms with Crippen LogP contribution in [-0.4, -0.2) is 49.5 Å². The van der Waals surface area contributed by atoms with Gasteiger partial charge in [-0.05, 0) is 91.4 Å². The van der Waals surface area contributed by atoms with Gasteiger partial charge < -0.3 is 24.1 Å². The van der Waals surface area contributed by atoms with Gasteiger partial charge in [0.2, 0.25) is 0 Å². The molecule has 1 unspecified atom stereocenters. The molecule has 0 amide bonds. The fourth-order valence-electron chi connectivity index (χ4n) is 5.46. The van der Waals surface area contributed by atoms with Crippen LogP contribution in [0.4, 0.5) is 0 Å². The normalized spacial score (nSPS) is 20.9. The van der Waals surface area contributed by atoms with Gasteiger partial charge in [0.05, 0.1) is 42.9 Å². The van der Waals surface area contributed by atoms with Crippen molar-refractivity contribution in [2.45, 2.75) is 58.5 Å². The highest BCUT2D eigenvalue weighted by Gasteiger charge is 2.46. The highest BCUT2D eigenvalue weighted by atomic mass is 79.9. The van der Waals surface area contributed by atoms with E-state index in [4.69, 9.17) is 23.9 Å². The Hall–Kier alpha value is -3.33.